The van der Waals surface area contributed by atoms with E-state index in [-0.39, 0.29) is 5.56 Å². The summed E-state index contributed by atoms with van der Waals surface area (Å²) in [5.74, 6) is 0.825. The summed E-state index contributed by atoms with van der Waals surface area (Å²) in [5, 5.41) is 6.72. The fraction of sp³-hybridized carbons (Fsp3) is 0.238. The number of aromatic nitrogens is 4. The number of pyridine rings is 1. The highest BCUT2D eigenvalue weighted by Gasteiger charge is 2.22. The van der Waals surface area contributed by atoms with Crippen LogP contribution in [0, 0.1) is 13.8 Å². The Bertz CT molecular complexity index is 1260. The van der Waals surface area contributed by atoms with E-state index >= 15 is 0 Å². The van der Waals surface area contributed by atoms with E-state index in [1.54, 1.807) is 11.3 Å². The molecule has 4 aromatic heterocycles. The van der Waals surface area contributed by atoms with Crippen LogP contribution in [0.2, 0.25) is 0 Å². The Morgan fingerprint density at radius 1 is 1.11 bits per heavy atom. The average Bonchev–Trinajstić information content (AvgIpc) is 3.13. The van der Waals surface area contributed by atoms with Gasteiger partial charge in [-0.3, -0.25) is 9.78 Å². The van der Waals surface area contributed by atoms with Gasteiger partial charge in [-0.25, -0.2) is 4.98 Å². The van der Waals surface area contributed by atoms with Gasteiger partial charge in [-0.15, -0.1) is 16.4 Å². The molecule has 0 amide bonds. The lowest BCUT2D eigenvalue weighted by Crippen LogP contribution is -2.33. The van der Waals surface area contributed by atoms with Gasteiger partial charge in [-0.05, 0) is 54.1 Å². The Kier molecular flexibility index (Phi) is 3.98. The minimum absolute atomic E-state index is 0.166. The van der Waals surface area contributed by atoms with E-state index in [1.807, 2.05) is 19.2 Å². The van der Waals surface area contributed by atoms with Gasteiger partial charge in [0, 0.05) is 54.1 Å². The van der Waals surface area contributed by atoms with Gasteiger partial charge in [0.25, 0.3) is 5.56 Å². The smallest absolute Gasteiger partial charge is 0.274 e. The fourth-order valence-electron chi connectivity index (χ4n) is 3.76. The number of hydrogen-bond acceptors (Lipinski definition) is 6. The zero-order valence-corrected chi connectivity index (χ0v) is 16.5. The van der Waals surface area contributed by atoms with Crippen molar-refractivity contribution in [3.63, 3.8) is 0 Å². The molecule has 0 aliphatic carbocycles. The van der Waals surface area contributed by atoms with Crippen molar-refractivity contribution in [2.45, 2.75) is 26.8 Å². The SMILES string of the molecule is Cc1cc2nccc(=O)n2nc1N1CCc2ncc(-c3sccc3C)cc2C1. The first-order valence-electron chi connectivity index (χ1n) is 9.23. The van der Waals surface area contributed by atoms with Crippen LogP contribution in [0.1, 0.15) is 22.4 Å². The van der Waals surface area contributed by atoms with Crippen molar-refractivity contribution in [3.8, 4) is 10.4 Å². The van der Waals surface area contributed by atoms with Crippen LogP contribution in [0.15, 0.2) is 46.8 Å². The van der Waals surface area contributed by atoms with Crippen LogP contribution in [0.5, 0.6) is 0 Å². The monoisotopic (exact) mass is 389 g/mol. The van der Waals surface area contributed by atoms with Crippen molar-refractivity contribution in [2.24, 2.45) is 0 Å². The van der Waals surface area contributed by atoms with Crippen LogP contribution in [0.4, 0.5) is 5.82 Å². The van der Waals surface area contributed by atoms with Crippen LogP contribution in [0.25, 0.3) is 16.1 Å². The quantitative estimate of drug-likeness (QED) is 0.526. The lowest BCUT2D eigenvalue weighted by Gasteiger charge is -2.30. The molecule has 5 heterocycles. The predicted molar refractivity (Wildman–Crippen MR) is 111 cm³/mol. The first kappa shape index (κ1) is 17.1. The van der Waals surface area contributed by atoms with Crippen LogP contribution >= 0.6 is 11.3 Å². The molecule has 0 atom stereocenters. The molecule has 0 saturated carbocycles. The molecule has 0 radical (unpaired) electrons. The van der Waals surface area contributed by atoms with E-state index in [0.29, 0.717) is 5.65 Å². The van der Waals surface area contributed by atoms with Crippen molar-refractivity contribution >= 4 is 22.8 Å². The number of thiophene rings is 1. The van der Waals surface area contributed by atoms with Gasteiger partial charge in [0.05, 0.1) is 0 Å². The summed E-state index contributed by atoms with van der Waals surface area (Å²) in [6, 6.07) is 7.74. The number of anilines is 1. The molecule has 0 unspecified atom stereocenters. The molecule has 28 heavy (non-hydrogen) atoms. The largest absolute Gasteiger partial charge is 0.350 e. The molecule has 1 aliphatic rings. The first-order valence-corrected chi connectivity index (χ1v) is 10.1. The zero-order chi connectivity index (χ0) is 19.3. The van der Waals surface area contributed by atoms with Gasteiger partial charge in [-0.2, -0.15) is 4.52 Å². The van der Waals surface area contributed by atoms with Crippen molar-refractivity contribution in [1.82, 2.24) is 19.6 Å². The number of aryl methyl sites for hydroxylation is 2. The van der Waals surface area contributed by atoms with Gasteiger partial charge >= 0.3 is 0 Å². The molecule has 0 bridgehead atoms. The summed E-state index contributed by atoms with van der Waals surface area (Å²) >= 11 is 1.74. The molecule has 0 fully saturated rings. The second kappa shape index (κ2) is 6.53. The normalized spacial score (nSPS) is 13.7. The molecule has 6 nitrogen and oxygen atoms in total. The summed E-state index contributed by atoms with van der Waals surface area (Å²) in [6.07, 6.45) is 4.37. The maximum atomic E-state index is 12.2. The third-order valence-corrected chi connectivity index (χ3v) is 6.27. The third kappa shape index (κ3) is 2.79. The Morgan fingerprint density at radius 3 is 2.82 bits per heavy atom. The highest BCUT2D eigenvalue weighted by atomic mass is 32.1. The van der Waals surface area contributed by atoms with Gasteiger partial charge in [0.15, 0.2) is 11.5 Å². The van der Waals surface area contributed by atoms with Crippen molar-refractivity contribution in [1.29, 1.82) is 0 Å². The summed E-state index contributed by atoms with van der Waals surface area (Å²) < 4.78 is 1.38. The third-order valence-electron chi connectivity index (χ3n) is 5.21. The summed E-state index contributed by atoms with van der Waals surface area (Å²) in [5.41, 5.74) is 6.22. The maximum Gasteiger partial charge on any atom is 0.274 e. The molecule has 0 aromatic carbocycles. The predicted octanol–water partition coefficient (Wildman–Crippen LogP) is 3.39. The van der Waals surface area contributed by atoms with E-state index in [4.69, 9.17) is 4.98 Å². The van der Waals surface area contributed by atoms with E-state index in [9.17, 15) is 4.79 Å². The Labute approximate surface area is 166 Å². The Hall–Kier alpha value is -3.06. The average molecular weight is 389 g/mol. The minimum atomic E-state index is -0.166. The van der Waals surface area contributed by atoms with Gasteiger partial charge in [-0.1, -0.05) is 0 Å². The molecule has 1 aliphatic heterocycles. The van der Waals surface area contributed by atoms with Crippen LogP contribution < -0.4 is 10.5 Å². The van der Waals surface area contributed by atoms with Gasteiger partial charge < -0.3 is 4.90 Å². The maximum absolute atomic E-state index is 12.2. The molecular formula is C21H19N5OS. The molecule has 140 valence electrons. The molecule has 4 aromatic rings. The lowest BCUT2D eigenvalue weighted by molar-refractivity contribution is 0.686. The van der Waals surface area contributed by atoms with E-state index in [1.165, 1.54) is 32.8 Å². The second-order valence-electron chi connectivity index (χ2n) is 7.14. The number of rotatable bonds is 2. The van der Waals surface area contributed by atoms with E-state index in [2.05, 4.69) is 39.4 Å². The van der Waals surface area contributed by atoms with Crippen molar-refractivity contribution in [2.75, 3.05) is 11.4 Å². The zero-order valence-electron chi connectivity index (χ0n) is 15.7. The minimum Gasteiger partial charge on any atom is -0.350 e. The summed E-state index contributed by atoms with van der Waals surface area (Å²) in [4.78, 5) is 24.6. The van der Waals surface area contributed by atoms with Gasteiger partial charge in [0.2, 0.25) is 0 Å². The van der Waals surface area contributed by atoms with Crippen molar-refractivity contribution in [3.05, 3.63) is 74.8 Å². The molecule has 0 spiro atoms. The van der Waals surface area contributed by atoms with Gasteiger partial charge in [0.1, 0.15) is 0 Å². The standard InChI is InChI=1S/C21H19N5OS/c1-13-5-8-28-20(13)15-10-16-12-25(7-4-17(16)23-11-15)21-14(2)9-18-22-6-3-19(27)26(18)24-21/h3,5-6,8-11H,4,7,12H2,1-2H3. The van der Waals surface area contributed by atoms with Crippen LogP contribution in [-0.4, -0.2) is 26.1 Å². The number of hydrogen-bond donors (Lipinski definition) is 0. The van der Waals surface area contributed by atoms with Crippen LogP contribution in [0.3, 0.4) is 0 Å². The second-order valence-corrected chi connectivity index (χ2v) is 8.05. The molecule has 5 rings (SSSR count). The molecule has 0 N–H and O–H groups in total. The molecule has 7 heteroatoms. The Morgan fingerprint density at radius 2 is 2.00 bits per heavy atom. The number of fused-ring (bicyclic) bond motifs is 2. The first-order chi connectivity index (χ1) is 13.6. The fourth-order valence-corrected chi connectivity index (χ4v) is 4.67. The highest BCUT2D eigenvalue weighted by molar-refractivity contribution is 7.13. The summed E-state index contributed by atoms with van der Waals surface area (Å²) in [6.45, 7) is 5.70. The number of nitrogens with zero attached hydrogens (tertiary/aromatic N) is 5. The molecular weight excluding hydrogens is 370 g/mol. The van der Waals surface area contributed by atoms with E-state index in [0.717, 1.165) is 42.1 Å². The Balaban J connectivity index is 1.54. The molecule has 0 saturated heterocycles. The van der Waals surface area contributed by atoms with E-state index < -0.39 is 0 Å². The summed E-state index contributed by atoms with van der Waals surface area (Å²) in [7, 11) is 0. The topological polar surface area (TPSA) is 63.4 Å². The lowest BCUT2D eigenvalue weighted by atomic mass is 10.0. The van der Waals surface area contributed by atoms with Crippen molar-refractivity contribution < 1.29 is 0 Å². The van der Waals surface area contributed by atoms with Crippen LogP contribution in [-0.2, 0) is 13.0 Å². The highest BCUT2D eigenvalue weighted by Crippen LogP contribution is 2.32.